The van der Waals surface area contributed by atoms with Gasteiger partial charge in [-0.25, -0.2) is 4.68 Å². The standard InChI is InChI=1S/C18H18N6O/c25-18(24-11-3-5-17(24)16-4-1-2-10-19-16)15-8-6-14(7-9-15)12-23-13-20-21-22-23/h1-2,4,6-10,13,17H,3,5,11-12H2/t17-/m1/s1. The van der Waals surface area contributed by atoms with Gasteiger partial charge >= 0.3 is 0 Å². The van der Waals surface area contributed by atoms with Crippen LogP contribution in [0.15, 0.2) is 55.0 Å². The predicted molar refractivity (Wildman–Crippen MR) is 90.6 cm³/mol. The highest BCUT2D eigenvalue weighted by Gasteiger charge is 2.31. The Morgan fingerprint density at radius 2 is 2.04 bits per heavy atom. The molecule has 1 saturated heterocycles. The quantitative estimate of drug-likeness (QED) is 0.730. The van der Waals surface area contributed by atoms with Crippen LogP contribution in [0.2, 0.25) is 0 Å². The third-order valence-corrected chi connectivity index (χ3v) is 4.48. The molecular formula is C18H18N6O. The van der Waals surface area contributed by atoms with Gasteiger partial charge < -0.3 is 4.90 Å². The fourth-order valence-electron chi connectivity index (χ4n) is 3.25. The summed E-state index contributed by atoms with van der Waals surface area (Å²) in [5.41, 5.74) is 2.71. The van der Waals surface area contributed by atoms with E-state index in [2.05, 4.69) is 20.5 Å². The van der Waals surface area contributed by atoms with E-state index < -0.39 is 0 Å². The van der Waals surface area contributed by atoms with Crippen LogP contribution in [0.1, 0.15) is 40.5 Å². The van der Waals surface area contributed by atoms with E-state index in [4.69, 9.17) is 0 Å². The zero-order valence-electron chi connectivity index (χ0n) is 13.7. The van der Waals surface area contributed by atoms with Crippen molar-refractivity contribution in [2.75, 3.05) is 6.54 Å². The van der Waals surface area contributed by atoms with Crippen LogP contribution in [0.4, 0.5) is 0 Å². The molecule has 0 saturated carbocycles. The predicted octanol–water partition coefficient (Wildman–Crippen LogP) is 2.09. The first-order valence-corrected chi connectivity index (χ1v) is 8.33. The summed E-state index contributed by atoms with van der Waals surface area (Å²) in [6.07, 6.45) is 5.31. The lowest BCUT2D eigenvalue weighted by Gasteiger charge is -2.24. The first-order chi connectivity index (χ1) is 12.3. The second-order valence-corrected chi connectivity index (χ2v) is 6.12. The number of carbonyl (C=O) groups excluding carboxylic acids is 1. The molecule has 2 aromatic heterocycles. The number of amides is 1. The van der Waals surface area contributed by atoms with Crippen molar-refractivity contribution in [3.05, 3.63) is 71.8 Å². The van der Waals surface area contributed by atoms with Crippen molar-refractivity contribution in [1.29, 1.82) is 0 Å². The summed E-state index contributed by atoms with van der Waals surface area (Å²) < 4.78 is 1.65. The molecule has 7 heteroatoms. The molecule has 4 rings (SSSR count). The van der Waals surface area contributed by atoms with Crippen LogP contribution in [-0.2, 0) is 6.54 Å². The van der Waals surface area contributed by atoms with E-state index in [9.17, 15) is 4.79 Å². The van der Waals surface area contributed by atoms with Crippen molar-refractivity contribution < 1.29 is 4.79 Å². The zero-order chi connectivity index (χ0) is 17.1. The largest absolute Gasteiger partial charge is 0.330 e. The van der Waals surface area contributed by atoms with Crippen LogP contribution < -0.4 is 0 Å². The summed E-state index contributed by atoms with van der Waals surface area (Å²) in [7, 11) is 0. The van der Waals surface area contributed by atoms with Crippen molar-refractivity contribution in [3.63, 3.8) is 0 Å². The average Bonchev–Trinajstić information content (AvgIpc) is 3.34. The van der Waals surface area contributed by atoms with E-state index in [0.717, 1.165) is 30.6 Å². The molecule has 1 atom stereocenters. The lowest BCUT2D eigenvalue weighted by atomic mass is 10.1. The Hall–Kier alpha value is -3.09. The number of likely N-dealkylation sites (tertiary alicyclic amines) is 1. The number of benzene rings is 1. The van der Waals surface area contributed by atoms with Gasteiger partial charge in [-0.05, 0) is 53.1 Å². The molecule has 1 aliphatic heterocycles. The summed E-state index contributed by atoms with van der Waals surface area (Å²) in [4.78, 5) is 19.3. The van der Waals surface area contributed by atoms with Gasteiger partial charge in [-0.1, -0.05) is 18.2 Å². The third-order valence-electron chi connectivity index (χ3n) is 4.48. The topological polar surface area (TPSA) is 76.8 Å². The number of aromatic nitrogens is 5. The third kappa shape index (κ3) is 3.26. The van der Waals surface area contributed by atoms with Crippen LogP contribution in [0.3, 0.4) is 0 Å². The Balaban J connectivity index is 1.50. The molecule has 0 aliphatic carbocycles. The van der Waals surface area contributed by atoms with Crippen LogP contribution in [-0.4, -0.2) is 42.5 Å². The van der Waals surface area contributed by atoms with E-state index in [0.29, 0.717) is 12.1 Å². The van der Waals surface area contributed by atoms with Gasteiger partial charge in [0.05, 0.1) is 18.3 Å². The molecule has 126 valence electrons. The Morgan fingerprint density at radius 1 is 1.16 bits per heavy atom. The fourth-order valence-corrected chi connectivity index (χ4v) is 3.25. The summed E-state index contributed by atoms with van der Waals surface area (Å²) in [6, 6.07) is 13.6. The van der Waals surface area contributed by atoms with Gasteiger partial charge in [0.25, 0.3) is 5.91 Å². The molecule has 3 heterocycles. The molecule has 0 bridgehead atoms. The number of nitrogens with zero attached hydrogens (tertiary/aromatic N) is 6. The lowest BCUT2D eigenvalue weighted by Crippen LogP contribution is -2.30. The maximum absolute atomic E-state index is 12.9. The number of pyridine rings is 1. The van der Waals surface area contributed by atoms with E-state index >= 15 is 0 Å². The summed E-state index contributed by atoms with van der Waals surface area (Å²) >= 11 is 0. The minimum absolute atomic E-state index is 0.0575. The molecule has 0 spiro atoms. The van der Waals surface area contributed by atoms with E-state index in [1.807, 2.05) is 47.4 Å². The second-order valence-electron chi connectivity index (χ2n) is 6.12. The van der Waals surface area contributed by atoms with Gasteiger partial charge in [0.2, 0.25) is 0 Å². The van der Waals surface area contributed by atoms with Crippen LogP contribution in [0.25, 0.3) is 0 Å². The molecule has 0 N–H and O–H groups in total. The molecule has 1 amide bonds. The smallest absolute Gasteiger partial charge is 0.254 e. The fraction of sp³-hybridized carbons (Fsp3) is 0.278. The van der Waals surface area contributed by atoms with Crippen LogP contribution in [0.5, 0.6) is 0 Å². The molecule has 1 aromatic carbocycles. The molecule has 1 fully saturated rings. The highest BCUT2D eigenvalue weighted by molar-refractivity contribution is 5.94. The van der Waals surface area contributed by atoms with E-state index in [1.165, 1.54) is 0 Å². The monoisotopic (exact) mass is 334 g/mol. The Kier molecular flexibility index (Phi) is 4.20. The summed E-state index contributed by atoms with van der Waals surface area (Å²) in [6.45, 7) is 1.36. The zero-order valence-corrected chi connectivity index (χ0v) is 13.7. The average molecular weight is 334 g/mol. The van der Waals surface area contributed by atoms with Gasteiger partial charge in [-0.2, -0.15) is 0 Å². The molecule has 7 nitrogen and oxygen atoms in total. The van der Waals surface area contributed by atoms with Crippen molar-refractivity contribution in [2.24, 2.45) is 0 Å². The van der Waals surface area contributed by atoms with Gasteiger partial charge in [-0.15, -0.1) is 5.10 Å². The van der Waals surface area contributed by atoms with Crippen LogP contribution >= 0.6 is 0 Å². The molecule has 1 aliphatic rings. The summed E-state index contributed by atoms with van der Waals surface area (Å²) in [5.74, 6) is 0.0575. The lowest BCUT2D eigenvalue weighted by molar-refractivity contribution is 0.0733. The molecular weight excluding hydrogens is 316 g/mol. The van der Waals surface area contributed by atoms with Crippen molar-refractivity contribution in [1.82, 2.24) is 30.1 Å². The maximum Gasteiger partial charge on any atom is 0.254 e. The first kappa shape index (κ1) is 15.4. The summed E-state index contributed by atoms with van der Waals surface area (Å²) in [5, 5.41) is 11.1. The molecule has 3 aromatic rings. The van der Waals surface area contributed by atoms with E-state index in [-0.39, 0.29) is 11.9 Å². The Morgan fingerprint density at radius 3 is 2.76 bits per heavy atom. The van der Waals surface area contributed by atoms with Crippen molar-refractivity contribution >= 4 is 5.91 Å². The number of tetrazole rings is 1. The Bertz CT molecular complexity index is 832. The van der Waals surface area contributed by atoms with Gasteiger partial charge in [0.15, 0.2) is 0 Å². The van der Waals surface area contributed by atoms with Gasteiger partial charge in [-0.3, -0.25) is 9.78 Å². The van der Waals surface area contributed by atoms with Crippen LogP contribution in [0, 0.1) is 0 Å². The highest BCUT2D eigenvalue weighted by Crippen LogP contribution is 2.31. The normalized spacial score (nSPS) is 17.0. The number of hydrogen-bond donors (Lipinski definition) is 0. The number of rotatable bonds is 4. The Labute approximate surface area is 145 Å². The van der Waals surface area contributed by atoms with Gasteiger partial charge in [0.1, 0.15) is 6.33 Å². The number of hydrogen-bond acceptors (Lipinski definition) is 5. The van der Waals surface area contributed by atoms with Crippen molar-refractivity contribution in [2.45, 2.75) is 25.4 Å². The highest BCUT2D eigenvalue weighted by atomic mass is 16.2. The number of carbonyl (C=O) groups is 1. The molecule has 25 heavy (non-hydrogen) atoms. The van der Waals surface area contributed by atoms with Crippen molar-refractivity contribution in [3.8, 4) is 0 Å². The maximum atomic E-state index is 12.9. The molecule has 0 unspecified atom stereocenters. The minimum Gasteiger partial charge on any atom is -0.330 e. The first-order valence-electron chi connectivity index (χ1n) is 8.33. The second kappa shape index (κ2) is 6.80. The minimum atomic E-state index is 0.0575. The van der Waals surface area contributed by atoms with E-state index in [1.54, 1.807) is 17.2 Å². The van der Waals surface area contributed by atoms with Gasteiger partial charge in [0, 0.05) is 18.3 Å². The SMILES string of the molecule is O=C(c1ccc(Cn2cnnn2)cc1)N1CCC[C@@H]1c1ccccn1. The molecule has 0 radical (unpaired) electrons.